The molecule has 1 atom stereocenters. The minimum atomic E-state index is -3.91. The molecule has 0 spiro atoms. The SMILES string of the molecule is COCCCn1nnc2cc(S(=O)(=O)N3CCC[C@H]3C(=O)NCc3cccc(F)c3)ccc21. The van der Waals surface area contributed by atoms with E-state index in [0.717, 1.165) is 11.9 Å². The van der Waals surface area contributed by atoms with E-state index in [1.54, 1.807) is 30.0 Å². The molecule has 4 rings (SSSR count). The maximum atomic E-state index is 13.4. The van der Waals surface area contributed by atoms with E-state index in [2.05, 4.69) is 15.6 Å². The normalized spacial score (nSPS) is 17.0. The van der Waals surface area contributed by atoms with E-state index in [4.69, 9.17) is 4.74 Å². The molecule has 176 valence electrons. The van der Waals surface area contributed by atoms with Gasteiger partial charge in [-0.1, -0.05) is 17.3 Å². The monoisotopic (exact) mass is 475 g/mol. The number of aromatic nitrogens is 3. The van der Waals surface area contributed by atoms with Crippen molar-refractivity contribution in [3.63, 3.8) is 0 Å². The minimum absolute atomic E-state index is 0.0729. The Morgan fingerprint density at radius 2 is 2.12 bits per heavy atom. The molecule has 0 saturated carbocycles. The molecule has 1 aromatic heterocycles. The molecule has 0 bridgehead atoms. The summed E-state index contributed by atoms with van der Waals surface area (Å²) in [6, 6.07) is 9.80. The average molecular weight is 476 g/mol. The van der Waals surface area contributed by atoms with Gasteiger partial charge in [-0.15, -0.1) is 5.10 Å². The second kappa shape index (κ2) is 9.94. The smallest absolute Gasteiger partial charge is 0.243 e. The van der Waals surface area contributed by atoms with Crippen molar-refractivity contribution in [3.8, 4) is 0 Å². The molecular formula is C22H26FN5O4S. The average Bonchev–Trinajstić information content (AvgIpc) is 3.45. The highest BCUT2D eigenvalue weighted by Crippen LogP contribution is 2.28. The first kappa shape index (κ1) is 23.3. The largest absolute Gasteiger partial charge is 0.385 e. The number of ether oxygens (including phenoxy) is 1. The number of rotatable bonds is 9. The Morgan fingerprint density at radius 3 is 2.91 bits per heavy atom. The first-order valence-corrected chi connectivity index (χ1v) is 12.2. The maximum Gasteiger partial charge on any atom is 0.243 e. The lowest BCUT2D eigenvalue weighted by atomic mass is 10.2. The number of hydrogen-bond acceptors (Lipinski definition) is 6. The fraction of sp³-hybridized carbons (Fsp3) is 0.409. The molecule has 9 nitrogen and oxygen atoms in total. The predicted molar refractivity (Wildman–Crippen MR) is 119 cm³/mol. The Balaban J connectivity index is 1.49. The highest BCUT2D eigenvalue weighted by molar-refractivity contribution is 7.89. The van der Waals surface area contributed by atoms with Crippen molar-refractivity contribution in [2.75, 3.05) is 20.3 Å². The van der Waals surface area contributed by atoms with Crippen molar-refractivity contribution in [1.82, 2.24) is 24.6 Å². The van der Waals surface area contributed by atoms with Crippen LogP contribution in [-0.2, 0) is 32.6 Å². The van der Waals surface area contributed by atoms with Gasteiger partial charge in [0.05, 0.1) is 10.4 Å². The van der Waals surface area contributed by atoms with Crippen LogP contribution in [0.15, 0.2) is 47.4 Å². The van der Waals surface area contributed by atoms with Gasteiger partial charge in [0.1, 0.15) is 17.4 Å². The molecule has 1 fully saturated rings. The van der Waals surface area contributed by atoms with Gasteiger partial charge in [-0.25, -0.2) is 17.5 Å². The lowest BCUT2D eigenvalue weighted by molar-refractivity contribution is -0.124. The Hall–Kier alpha value is -2.89. The van der Waals surface area contributed by atoms with Gasteiger partial charge in [0.15, 0.2) is 0 Å². The zero-order valence-corrected chi connectivity index (χ0v) is 19.1. The van der Waals surface area contributed by atoms with Crippen LogP contribution in [0.4, 0.5) is 4.39 Å². The predicted octanol–water partition coefficient (Wildman–Crippen LogP) is 2.08. The number of amides is 1. The first-order valence-electron chi connectivity index (χ1n) is 10.8. The molecule has 2 aromatic carbocycles. The summed E-state index contributed by atoms with van der Waals surface area (Å²) in [7, 11) is -2.28. The number of nitrogens with zero attached hydrogens (tertiary/aromatic N) is 4. The van der Waals surface area contributed by atoms with Crippen molar-refractivity contribution >= 4 is 27.0 Å². The molecule has 1 saturated heterocycles. The topological polar surface area (TPSA) is 106 Å². The number of carbonyl (C=O) groups excluding carboxylic acids is 1. The number of halogens is 1. The van der Waals surface area contributed by atoms with Crippen LogP contribution < -0.4 is 5.32 Å². The van der Waals surface area contributed by atoms with Gasteiger partial charge in [0.2, 0.25) is 15.9 Å². The van der Waals surface area contributed by atoms with Crippen molar-refractivity contribution in [2.45, 2.75) is 43.3 Å². The van der Waals surface area contributed by atoms with E-state index >= 15 is 0 Å². The number of methoxy groups -OCH3 is 1. The molecular weight excluding hydrogens is 449 g/mol. The Bertz CT molecular complexity index is 1250. The third kappa shape index (κ3) is 5.05. The van der Waals surface area contributed by atoms with Crippen LogP contribution >= 0.6 is 0 Å². The van der Waals surface area contributed by atoms with E-state index in [1.807, 2.05) is 0 Å². The lowest BCUT2D eigenvalue weighted by Gasteiger charge is -2.23. The van der Waals surface area contributed by atoms with Crippen molar-refractivity contribution in [2.24, 2.45) is 0 Å². The lowest BCUT2D eigenvalue weighted by Crippen LogP contribution is -2.45. The van der Waals surface area contributed by atoms with E-state index in [9.17, 15) is 17.6 Å². The van der Waals surface area contributed by atoms with Gasteiger partial charge < -0.3 is 10.1 Å². The Kier molecular flexibility index (Phi) is 7.01. The summed E-state index contributed by atoms with van der Waals surface area (Å²) in [5.74, 6) is -0.789. The van der Waals surface area contributed by atoms with Crippen LogP contribution in [-0.4, -0.2) is 59.9 Å². The highest BCUT2D eigenvalue weighted by Gasteiger charge is 2.39. The van der Waals surface area contributed by atoms with E-state index < -0.39 is 27.8 Å². The summed E-state index contributed by atoms with van der Waals surface area (Å²) in [6.07, 6.45) is 1.76. The minimum Gasteiger partial charge on any atom is -0.385 e. The van der Waals surface area contributed by atoms with Gasteiger partial charge >= 0.3 is 0 Å². The molecule has 2 heterocycles. The second-order valence-corrected chi connectivity index (χ2v) is 9.82. The van der Waals surface area contributed by atoms with Gasteiger partial charge in [-0.2, -0.15) is 4.31 Å². The summed E-state index contributed by atoms with van der Waals surface area (Å²) in [5, 5.41) is 10.9. The summed E-state index contributed by atoms with van der Waals surface area (Å²) < 4.78 is 48.1. The molecule has 0 unspecified atom stereocenters. The highest BCUT2D eigenvalue weighted by atomic mass is 32.2. The van der Waals surface area contributed by atoms with Crippen LogP contribution in [0, 0.1) is 5.82 Å². The zero-order valence-electron chi connectivity index (χ0n) is 18.3. The Morgan fingerprint density at radius 1 is 1.27 bits per heavy atom. The van der Waals surface area contributed by atoms with Crippen LogP contribution in [0.5, 0.6) is 0 Å². The molecule has 11 heteroatoms. The number of benzene rings is 2. The number of hydrogen-bond donors (Lipinski definition) is 1. The van der Waals surface area contributed by atoms with Crippen LogP contribution in [0.1, 0.15) is 24.8 Å². The molecule has 0 aliphatic carbocycles. The number of carbonyl (C=O) groups is 1. The van der Waals surface area contributed by atoms with Crippen molar-refractivity contribution < 1.29 is 22.3 Å². The van der Waals surface area contributed by atoms with Gasteiger partial charge in [0, 0.05) is 33.4 Å². The summed E-state index contributed by atoms with van der Waals surface area (Å²) >= 11 is 0. The number of fused-ring (bicyclic) bond motifs is 1. The van der Waals surface area contributed by atoms with E-state index in [1.165, 1.54) is 28.6 Å². The molecule has 1 N–H and O–H groups in total. The fourth-order valence-corrected chi connectivity index (χ4v) is 5.69. The van der Waals surface area contributed by atoms with E-state index in [0.29, 0.717) is 37.1 Å². The first-order chi connectivity index (χ1) is 15.9. The van der Waals surface area contributed by atoms with Crippen molar-refractivity contribution in [3.05, 3.63) is 53.8 Å². The molecule has 1 aliphatic heterocycles. The fourth-order valence-electron chi connectivity index (χ4n) is 4.02. The summed E-state index contributed by atoms with van der Waals surface area (Å²) in [5.41, 5.74) is 1.81. The molecule has 3 aromatic rings. The molecule has 0 radical (unpaired) electrons. The summed E-state index contributed by atoms with van der Waals surface area (Å²) in [4.78, 5) is 12.9. The second-order valence-electron chi connectivity index (χ2n) is 7.93. The van der Waals surface area contributed by atoms with E-state index in [-0.39, 0.29) is 18.0 Å². The van der Waals surface area contributed by atoms with Crippen molar-refractivity contribution in [1.29, 1.82) is 0 Å². The zero-order chi connectivity index (χ0) is 23.4. The molecule has 1 aliphatic rings. The van der Waals surface area contributed by atoms with Crippen LogP contribution in [0.25, 0.3) is 11.0 Å². The third-order valence-electron chi connectivity index (χ3n) is 5.67. The molecule has 33 heavy (non-hydrogen) atoms. The van der Waals surface area contributed by atoms with Gasteiger partial charge in [-0.05, 0) is 55.2 Å². The number of sulfonamides is 1. The van der Waals surface area contributed by atoms with Crippen LogP contribution in [0.2, 0.25) is 0 Å². The third-order valence-corrected chi connectivity index (χ3v) is 7.58. The number of aryl methyl sites for hydroxylation is 1. The Labute approximate surface area is 191 Å². The number of nitrogens with one attached hydrogen (secondary N) is 1. The van der Waals surface area contributed by atoms with Crippen LogP contribution in [0.3, 0.4) is 0 Å². The van der Waals surface area contributed by atoms with Gasteiger partial charge in [0.25, 0.3) is 0 Å². The maximum absolute atomic E-state index is 13.4. The summed E-state index contributed by atoms with van der Waals surface area (Å²) in [6.45, 7) is 1.57. The standard InChI is InChI=1S/C22H26FN5O4S/c1-32-12-4-10-27-20-9-8-18(14-19(20)25-26-27)33(30,31)28-11-3-7-21(28)22(29)24-15-16-5-2-6-17(23)13-16/h2,5-6,8-9,13-14,21H,3-4,7,10-12,15H2,1H3,(H,24,29)/t21-/m0/s1. The quantitative estimate of drug-likeness (QED) is 0.475. The van der Waals surface area contributed by atoms with Gasteiger partial charge in [-0.3, -0.25) is 4.79 Å². The molecule has 1 amide bonds.